The second kappa shape index (κ2) is 5.87. The number of carbonyl (C=O) groups is 1. The quantitative estimate of drug-likeness (QED) is 0.815. The number of aromatic nitrogens is 1. The Hall–Kier alpha value is -1.29. The minimum Gasteiger partial charge on any atom is -0.355 e. The smallest absolute Gasteiger partial charge is 0.239 e. The standard InChI is InChI=1S/C13H23N3O/c1-5-14-12(17)10-16-8-6-7-11(16)9-15-13(2,3)4/h6-8,15H,5,9-10H2,1-4H3,(H,14,17). The molecule has 0 saturated carbocycles. The Kier molecular flexibility index (Phi) is 4.75. The van der Waals surface area contributed by atoms with Crippen LogP contribution in [0.25, 0.3) is 0 Å². The Labute approximate surface area is 103 Å². The van der Waals surface area contributed by atoms with E-state index in [4.69, 9.17) is 0 Å². The molecule has 4 heteroatoms. The van der Waals surface area contributed by atoms with E-state index in [0.29, 0.717) is 13.1 Å². The Balaban J connectivity index is 2.57. The molecule has 0 atom stereocenters. The SMILES string of the molecule is CCNC(=O)Cn1cccc1CNC(C)(C)C. The van der Waals surface area contributed by atoms with E-state index in [9.17, 15) is 4.79 Å². The summed E-state index contributed by atoms with van der Waals surface area (Å²) in [6.45, 7) is 10.2. The van der Waals surface area contributed by atoms with Gasteiger partial charge < -0.3 is 15.2 Å². The van der Waals surface area contributed by atoms with E-state index in [1.165, 1.54) is 0 Å². The topological polar surface area (TPSA) is 46.1 Å². The zero-order valence-electron chi connectivity index (χ0n) is 11.2. The molecule has 2 N–H and O–H groups in total. The van der Waals surface area contributed by atoms with E-state index in [-0.39, 0.29) is 11.4 Å². The molecule has 0 bridgehead atoms. The van der Waals surface area contributed by atoms with E-state index in [1.807, 2.05) is 29.8 Å². The lowest BCUT2D eigenvalue weighted by atomic mass is 10.1. The van der Waals surface area contributed by atoms with Crippen LogP contribution in [0.3, 0.4) is 0 Å². The lowest BCUT2D eigenvalue weighted by Crippen LogP contribution is -2.36. The third kappa shape index (κ3) is 5.04. The van der Waals surface area contributed by atoms with Crippen molar-refractivity contribution in [1.82, 2.24) is 15.2 Å². The van der Waals surface area contributed by atoms with Gasteiger partial charge in [0.15, 0.2) is 0 Å². The minimum absolute atomic E-state index is 0.0562. The molecule has 1 amide bonds. The molecule has 0 aliphatic rings. The molecule has 0 aliphatic heterocycles. The van der Waals surface area contributed by atoms with Gasteiger partial charge in [0.2, 0.25) is 5.91 Å². The Bertz CT molecular complexity index is 363. The van der Waals surface area contributed by atoms with Crippen LogP contribution in [0.4, 0.5) is 0 Å². The van der Waals surface area contributed by atoms with Gasteiger partial charge in [-0.15, -0.1) is 0 Å². The summed E-state index contributed by atoms with van der Waals surface area (Å²) in [5, 5.41) is 6.22. The van der Waals surface area contributed by atoms with Crippen LogP contribution < -0.4 is 10.6 Å². The number of amides is 1. The summed E-state index contributed by atoms with van der Waals surface area (Å²) >= 11 is 0. The lowest BCUT2D eigenvalue weighted by molar-refractivity contribution is -0.121. The van der Waals surface area contributed by atoms with Crippen LogP contribution in [0, 0.1) is 0 Å². The van der Waals surface area contributed by atoms with Gasteiger partial charge in [0.25, 0.3) is 0 Å². The van der Waals surface area contributed by atoms with Crippen molar-refractivity contribution in [3.8, 4) is 0 Å². The van der Waals surface area contributed by atoms with Crippen LogP contribution in [0.15, 0.2) is 18.3 Å². The lowest BCUT2D eigenvalue weighted by Gasteiger charge is -2.21. The summed E-state index contributed by atoms with van der Waals surface area (Å²) < 4.78 is 1.98. The summed E-state index contributed by atoms with van der Waals surface area (Å²) in [7, 11) is 0. The molecule has 0 radical (unpaired) electrons. The first-order valence-electron chi connectivity index (χ1n) is 6.08. The number of nitrogens with one attached hydrogen (secondary N) is 2. The van der Waals surface area contributed by atoms with Gasteiger partial charge in [-0.1, -0.05) is 0 Å². The average molecular weight is 237 g/mol. The normalized spacial score (nSPS) is 11.5. The predicted octanol–water partition coefficient (Wildman–Crippen LogP) is 1.51. The number of nitrogens with zero attached hydrogens (tertiary/aromatic N) is 1. The van der Waals surface area contributed by atoms with Gasteiger partial charge in [-0.05, 0) is 39.8 Å². The van der Waals surface area contributed by atoms with E-state index in [0.717, 1.165) is 12.2 Å². The highest BCUT2D eigenvalue weighted by atomic mass is 16.1. The van der Waals surface area contributed by atoms with Crippen molar-refractivity contribution >= 4 is 5.91 Å². The Morgan fingerprint density at radius 1 is 1.41 bits per heavy atom. The predicted molar refractivity (Wildman–Crippen MR) is 69.7 cm³/mol. The number of rotatable bonds is 5. The van der Waals surface area contributed by atoms with Crippen molar-refractivity contribution in [1.29, 1.82) is 0 Å². The first-order chi connectivity index (χ1) is 7.92. The largest absolute Gasteiger partial charge is 0.355 e. The van der Waals surface area contributed by atoms with Crippen LogP contribution in [0.2, 0.25) is 0 Å². The summed E-state index contributed by atoms with van der Waals surface area (Å²) in [4.78, 5) is 11.5. The number of hydrogen-bond acceptors (Lipinski definition) is 2. The summed E-state index contributed by atoms with van der Waals surface area (Å²) in [6.07, 6.45) is 1.94. The second-order valence-electron chi connectivity index (χ2n) is 5.18. The molecule has 1 aromatic heterocycles. The van der Waals surface area contributed by atoms with Gasteiger partial charge in [0.05, 0.1) is 0 Å². The third-order valence-corrected chi connectivity index (χ3v) is 2.41. The molecule has 96 valence electrons. The van der Waals surface area contributed by atoms with Crippen molar-refractivity contribution in [2.75, 3.05) is 6.54 Å². The first kappa shape index (κ1) is 13.8. The Morgan fingerprint density at radius 2 is 2.12 bits per heavy atom. The van der Waals surface area contributed by atoms with Gasteiger partial charge in [0.1, 0.15) is 6.54 Å². The first-order valence-corrected chi connectivity index (χ1v) is 6.08. The molecule has 4 nitrogen and oxygen atoms in total. The number of hydrogen-bond donors (Lipinski definition) is 2. The Morgan fingerprint density at radius 3 is 2.71 bits per heavy atom. The zero-order chi connectivity index (χ0) is 12.9. The second-order valence-corrected chi connectivity index (χ2v) is 5.18. The van der Waals surface area contributed by atoms with Crippen LogP contribution in [0.5, 0.6) is 0 Å². The third-order valence-electron chi connectivity index (χ3n) is 2.41. The highest BCUT2D eigenvalue weighted by Crippen LogP contribution is 2.06. The van der Waals surface area contributed by atoms with E-state index in [1.54, 1.807) is 0 Å². The molecule has 1 rings (SSSR count). The maximum atomic E-state index is 11.5. The molecule has 0 aliphatic carbocycles. The van der Waals surface area contributed by atoms with Crippen LogP contribution >= 0.6 is 0 Å². The molecule has 0 unspecified atom stereocenters. The van der Waals surface area contributed by atoms with Gasteiger partial charge in [0, 0.05) is 30.5 Å². The van der Waals surface area contributed by atoms with Gasteiger partial charge in [-0.25, -0.2) is 0 Å². The summed E-state index contributed by atoms with van der Waals surface area (Å²) in [5.41, 5.74) is 1.21. The molecule has 1 heterocycles. The van der Waals surface area contributed by atoms with E-state index >= 15 is 0 Å². The van der Waals surface area contributed by atoms with Gasteiger partial charge in [-0.3, -0.25) is 4.79 Å². The van der Waals surface area contributed by atoms with Gasteiger partial charge in [-0.2, -0.15) is 0 Å². The maximum Gasteiger partial charge on any atom is 0.239 e. The van der Waals surface area contributed by atoms with E-state index < -0.39 is 0 Å². The highest BCUT2D eigenvalue weighted by Gasteiger charge is 2.11. The molecule has 0 fully saturated rings. The fourth-order valence-electron chi connectivity index (χ4n) is 1.53. The zero-order valence-corrected chi connectivity index (χ0v) is 11.2. The molecular weight excluding hydrogens is 214 g/mol. The fraction of sp³-hybridized carbons (Fsp3) is 0.615. The average Bonchev–Trinajstić information content (AvgIpc) is 2.61. The maximum absolute atomic E-state index is 11.5. The number of likely N-dealkylation sites (N-methyl/N-ethyl adjacent to an activating group) is 1. The molecule has 1 aromatic rings. The van der Waals surface area contributed by atoms with Crippen LogP contribution in [-0.4, -0.2) is 22.6 Å². The minimum atomic E-state index is 0.0562. The van der Waals surface area contributed by atoms with Crippen LogP contribution in [-0.2, 0) is 17.9 Å². The fourth-order valence-corrected chi connectivity index (χ4v) is 1.53. The highest BCUT2D eigenvalue weighted by molar-refractivity contribution is 5.75. The van der Waals surface area contributed by atoms with E-state index in [2.05, 4.69) is 31.4 Å². The molecule has 17 heavy (non-hydrogen) atoms. The summed E-state index contributed by atoms with van der Waals surface area (Å²) in [6, 6.07) is 4.01. The summed E-state index contributed by atoms with van der Waals surface area (Å²) in [5.74, 6) is 0.0562. The van der Waals surface area contributed by atoms with Crippen molar-refractivity contribution in [3.63, 3.8) is 0 Å². The molecule has 0 saturated heterocycles. The monoisotopic (exact) mass is 237 g/mol. The van der Waals surface area contributed by atoms with Crippen molar-refractivity contribution in [3.05, 3.63) is 24.0 Å². The molecule has 0 spiro atoms. The van der Waals surface area contributed by atoms with Crippen molar-refractivity contribution in [2.24, 2.45) is 0 Å². The van der Waals surface area contributed by atoms with Crippen molar-refractivity contribution < 1.29 is 4.79 Å². The van der Waals surface area contributed by atoms with Crippen LogP contribution in [0.1, 0.15) is 33.4 Å². The molecule has 0 aromatic carbocycles. The van der Waals surface area contributed by atoms with Gasteiger partial charge >= 0.3 is 0 Å². The van der Waals surface area contributed by atoms with Crippen molar-refractivity contribution in [2.45, 2.75) is 46.3 Å². The molecular formula is C13H23N3O. The number of carbonyl (C=O) groups excluding carboxylic acids is 1.